The molecule has 3 aromatic carbocycles. The third-order valence-corrected chi connectivity index (χ3v) is 9.16. The molecule has 4 rings (SSSR count). The fourth-order valence-corrected chi connectivity index (χ4v) is 6.40. The van der Waals surface area contributed by atoms with Gasteiger partial charge in [0.25, 0.3) is 10.0 Å². The molecule has 7 nitrogen and oxygen atoms in total. The molecule has 0 aliphatic heterocycles. The Bertz CT molecular complexity index is 1360. The zero-order valence-electron chi connectivity index (χ0n) is 22.6. The van der Waals surface area contributed by atoms with E-state index in [9.17, 15) is 18.0 Å². The number of hydrogen-bond acceptors (Lipinski definition) is 4. The molecule has 1 N–H and O–H groups in total. The second kappa shape index (κ2) is 12.9. The molecule has 0 bridgehead atoms. The number of anilines is 1. The van der Waals surface area contributed by atoms with Gasteiger partial charge in [0.15, 0.2) is 0 Å². The average Bonchev–Trinajstić information content (AvgIpc) is 2.96. The molecule has 0 spiro atoms. The smallest absolute Gasteiger partial charge is 0.264 e. The van der Waals surface area contributed by atoms with Crippen LogP contribution in [0.3, 0.4) is 0 Å². The molecule has 1 aliphatic rings. The maximum absolute atomic E-state index is 14.0. The fraction of sp³-hybridized carbons (Fsp3) is 0.355. The molecule has 0 heterocycles. The van der Waals surface area contributed by atoms with Gasteiger partial charge in [0.1, 0.15) is 12.6 Å². The molecule has 3 aromatic rings. The first-order chi connectivity index (χ1) is 18.8. The van der Waals surface area contributed by atoms with Gasteiger partial charge in [0.2, 0.25) is 11.8 Å². The second-order valence-electron chi connectivity index (χ2n) is 10.1. The molecule has 1 atom stereocenters. The minimum atomic E-state index is -4.05. The Morgan fingerprint density at radius 3 is 2.10 bits per heavy atom. The van der Waals surface area contributed by atoms with Gasteiger partial charge in [-0.15, -0.1) is 0 Å². The predicted octanol–water partition coefficient (Wildman–Crippen LogP) is 5.06. The number of nitrogens with zero attached hydrogens (tertiary/aromatic N) is 2. The van der Waals surface area contributed by atoms with Gasteiger partial charge in [-0.3, -0.25) is 13.9 Å². The van der Waals surface area contributed by atoms with Gasteiger partial charge >= 0.3 is 0 Å². The Morgan fingerprint density at radius 2 is 1.46 bits per heavy atom. The van der Waals surface area contributed by atoms with Gasteiger partial charge < -0.3 is 10.2 Å². The van der Waals surface area contributed by atoms with Crippen LogP contribution in [0.2, 0.25) is 0 Å². The number of amides is 2. The first kappa shape index (κ1) is 28.4. The Labute approximate surface area is 231 Å². The SMILES string of the molecule is Cc1ccccc1CN(C(=O)CN(c1ccccc1)S(=O)(=O)c1ccccc1)C(C)C(=O)NC1CCCCC1. The molecule has 206 valence electrons. The van der Waals surface area contributed by atoms with Crippen LogP contribution in [0.5, 0.6) is 0 Å². The Kier molecular flexibility index (Phi) is 9.41. The van der Waals surface area contributed by atoms with E-state index in [0.717, 1.165) is 41.1 Å². The summed E-state index contributed by atoms with van der Waals surface area (Å²) in [6.45, 7) is 3.43. The highest BCUT2D eigenvalue weighted by Crippen LogP contribution is 2.25. The molecule has 1 saturated carbocycles. The van der Waals surface area contributed by atoms with Crippen molar-refractivity contribution in [2.24, 2.45) is 0 Å². The van der Waals surface area contributed by atoms with Crippen LogP contribution < -0.4 is 9.62 Å². The van der Waals surface area contributed by atoms with E-state index in [1.807, 2.05) is 31.2 Å². The van der Waals surface area contributed by atoms with Crippen LogP contribution in [-0.2, 0) is 26.2 Å². The van der Waals surface area contributed by atoms with Crippen LogP contribution in [0.25, 0.3) is 0 Å². The molecular weight excluding hydrogens is 510 g/mol. The third kappa shape index (κ3) is 7.06. The quantitative estimate of drug-likeness (QED) is 0.385. The highest BCUT2D eigenvalue weighted by atomic mass is 32.2. The van der Waals surface area contributed by atoms with Crippen molar-refractivity contribution in [2.45, 2.75) is 69.5 Å². The van der Waals surface area contributed by atoms with Gasteiger partial charge in [-0.25, -0.2) is 8.42 Å². The number of sulfonamides is 1. The van der Waals surface area contributed by atoms with Crippen LogP contribution in [0, 0.1) is 6.92 Å². The summed E-state index contributed by atoms with van der Waals surface area (Å²) in [5.74, 6) is -0.672. The minimum absolute atomic E-state index is 0.0928. The number of hydrogen-bond donors (Lipinski definition) is 1. The summed E-state index contributed by atoms with van der Waals surface area (Å²) < 4.78 is 28.6. The highest BCUT2D eigenvalue weighted by molar-refractivity contribution is 7.92. The highest BCUT2D eigenvalue weighted by Gasteiger charge is 2.33. The van der Waals surface area contributed by atoms with Crippen LogP contribution in [0.15, 0.2) is 89.8 Å². The van der Waals surface area contributed by atoms with E-state index in [-0.39, 0.29) is 23.4 Å². The van der Waals surface area contributed by atoms with Crippen molar-refractivity contribution in [3.05, 3.63) is 96.1 Å². The van der Waals surface area contributed by atoms with Gasteiger partial charge in [-0.05, 0) is 62.1 Å². The minimum Gasteiger partial charge on any atom is -0.352 e. The lowest BCUT2D eigenvalue weighted by Crippen LogP contribution is -2.53. The number of nitrogens with one attached hydrogen (secondary N) is 1. The van der Waals surface area contributed by atoms with Crippen molar-refractivity contribution >= 4 is 27.5 Å². The molecular formula is C31H37N3O4S. The van der Waals surface area contributed by atoms with Crippen LogP contribution in [0.1, 0.15) is 50.2 Å². The summed E-state index contributed by atoms with van der Waals surface area (Å²) in [5, 5.41) is 3.13. The molecule has 1 fully saturated rings. The summed E-state index contributed by atoms with van der Waals surface area (Å²) in [7, 11) is -4.05. The van der Waals surface area contributed by atoms with Gasteiger partial charge in [0, 0.05) is 12.6 Å². The average molecular weight is 548 g/mol. The van der Waals surface area contributed by atoms with Crippen molar-refractivity contribution in [1.29, 1.82) is 0 Å². The fourth-order valence-electron chi connectivity index (χ4n) is 4.97. The van der Waals surface area contributed by atoms with E-state index in [1.54, 1.807) is 55.5 Å². The van der Waals surface area contributed by atoms with Crippen molar-refractivity contribution in [1.82, 2.24) is 10.2 Å². The van der Waals surface area contributed by atoms with E-state index in [0.29, 0.717) is 5.69 Å². The lowest BCUT2D eigenvalue weighted by Gasteiger charge is -2.33. The zero-order chi connectivity index (χ0) is 27.8. The molecule has 1 unspecified atom stereocenters. The van der Waals surface area contributed by atoms with E-state index in [4.69, 9.17) is 0 Å². The van der Waals surface area contributed by atoms with Crippen molar-refractivity contribution < 1.29 is 18.0 Å². The zero-order valence-corrected chi connectivity index (χ0v) is 23.4. The van der Waals surface area contributed by atoms with Gasteiger partial charge in [0.05, 0.1) is 10.6 Å². The molecule has 8 heteroatoms. The maximum atomic E-state index is 14.0. The Balaban J connectivity index is 1.65. The number of para-hydroxylation sites is 1. The van der Waals surface area contributed by atoms with E-state index >= 15 is 0 Å². The van der Waals surface area contributed by atoms with Gasteiger partial charge in [-0.1, -0.05) is 79.9 Å². The second-order valence-corrected chi connectivity index (χ2v) is 12.0. The van der Waals surface area contributed by atoms with Gasteiger partial charge in [-0.2, -0.15) is 0 Å². The summed E-state index contributed by atoms with van der Waals surface area (Å²) in [6, 6.07) is 23.7. The Hall–Kier alpha value is -3.65. The number of aryl methyl sites for hydroxylation is 1. The van der Waals surface area contributed by atoms with Crippen molar-refractivity contribution in [2.75, 3.05) is 10.8 Å². The standard InChI is InChI=1S/C31H37N3O4S/c1-24-14-12-13-15-26(24)22-33(25(2)31(36)32-27-16-6-3-7-17-27)30(35)23-34(28-18-8-4-9-19-28)39(37,38)29-20-10-5-11-21-29/h4-5,8-15,18-21,25,27H,3,6-7,16-17,22-23H2,1-2H3,(H,32,36). The molecule has 0 radical (unpaired) electrons. The largest absolute Gasteiger partial charge is 0.352 e. The number of rotatable bonds is 10. The summed E-state index contributed by atoms with van der Waals surface area (Å²) >= 11 is 0. The Morgan fingerprint density at radius 1 is 0.872 bits per heavy atom. The van der Waals surface area contributed by atoms with Crippen molar-refractivity contribution in [3.63, 3.8) is 0 Å². The normalized spacial score (nSPS) is 14.8. The molecule has 0 aromatic heterocycles. The summed E-state index contributed by atoms with van der Waals surface area (Å²) in [6.07, 6.45) is 5.19. The molecule has 2 amide bonds. The molecule has 0 saturated heterocycles. The van der Waals surface area contributed by atoms with Crippen LogP contribution in [-0.4, -0.2) is 43.8 Å². The third-order valence-electron chi connectivity index (χ3n) is 7.38. The van der Waals surface area contributed by atoms with Crippen molar-refractivity contribution in [3.8, 4) is 0 Å². The number of benzene rings is 3. The number of carbonyl (C=O) groups is 2. The predicted molar refractivity (Wildman–Crippen MR) is 154 cm³/mol. The lowest BCUT2D eigenvalue weighted by atomic mass is 9.95. The maximum Gasteiger partial charge on any atom is 0.264 e. The lowest BCUT2D eigenvalue weighted by molar-refractivity contribution is -0.139. The topological polar surface area (TPSA) is 86.8 Å². The summed E-state index contributed by atoms with van der Waals surface area (Å²) in [5.41, 5.74) is 2.28. The van der Waals surface area contributed by atoms with E-state index < -0.39 is 28.5 Å². The van der Waals surface area contributed by atoms with E-state index in [2.05, 4.69) is 5.32 Å². The summed E-state index contributed by atoms with van der Waals surface area (Å²) in [4.78, 5) is 29.0. The van der Waals surface area contributed by atoms with Crippen LogP contribution in [0.4, 0.5) is 5.69 Å². The molecule has 39 heavy (non-hydrogen) atoms. The number of carbonyl (C=O) groups excluding carboxylic acids is 2. The van der Waals surface area contributed by atoms with E-state index in [1.165, 1.54) is 23.5 Å². The molecule has 1 aliphatic carbocycles. The first-order valence-electron chi connectivity index (χ1n) is 13.5. The monoisotopic (exact) mass is 547 g/mol. The first-order valence-corrected chi connectivity index (χ1v) is 15.0. The van der Waals surface area contributed by atoms with Crippen LogP contribution >= 0.6 is 0 Å².